The van der Waals surface area contributed by atoms with Gasteiger partial charge >= 0.3 is 0 Å². The van der Waals surface area contributed by atoms with E-state index < -0.39 is 0 Å². The van der Waals surface area contributed by atoms with Crippen LogP contribution in [0.25, 0.3) is 0 Å². The SMILES string of the molecule is CNN1C=C2N=C(c3cccc(Br)c3)N=C2N2C1=CNN2C. The Morgan fingerprint density at radius 3 is 2.91 bits per heavy atom. The smallest absolute Gasteiger partial charge is 0.180 e. The Morgan fingerprint density at radius 2 is 2.14 bits per heavy atom. The molecule has 0 aliphatic carbocycles. The van der Waals surface area contributed by atoms with Crippen LogP contribution in [0.3, 0.4) is 0 Å². The van der Waals surface area contributed by atoms with Crippen molar-refractivity contribution in [3.05, 3.63) is 58.2 Å². The first kappa shape index (κ1) is 13.5. The predicted octanol–water partition coefficient (Wildman–Crippen LogP) is 1.37. The van der Waals surface area contributed by atoms with Gasteiger partial charge in [0.05, 0.1) is 12.4 Å². The fourth-order valence-corrected chi connectivity index (χ4v) is 2.96. The summed E-state index contributed by atoms with van der Waals surface area (Å²) in [7, 11) is 3.80. The highest BCUT2D eigenvalue weighted by Gasteiger charge is 2.37. The molecule has 0 amide bonds. The summed E-state index contributed by atoms with van der Waals surface area (Å²) in [4.78, 5) is 9.37. The number of hydrogen-bond donors (Lipinski definition) is 2. The van der Waals surface area contributed by atoms with Crippen molar-refractivity contribution in [2.75, 3.05) is 14.1 Å². The fourth-order valence-electron chi connectivity index (χ4n) is 2.56. The zero-order chi connectivity index (χ0) is 15.3. The van der Waals surface area contributed by atoms with E-state index in [4.69, 9.17) is 4.99 Å². The molecule has 0 unspecified atom stereocenters. The van der Waals surface area contributed by atoms with E-state index in [0.29, 0.717) is 5.84 Å². The Hall–Kier alpha value is -2.16. The van der Waals surface area contributed by atoms with Crippen molar-refractivity contribution in [2.24, 2.45) is 9.98 Å². The van der Waals surface area contributed by atoms with Crippen molar-refractivity contribution >= 4 is 27.6 Å². The molecule has 22 heavy (non-hydrogen) atoms. The van der Waals surface area contributed by atoms with Crippen molar-refractivity contribution in [1.82, 2.24) is 26.0 Å². The monoisotopic (exact) mass is 359 g/mol. The van der Waals surface area contributed by atoms with E-state index >= 15 is 0 Å². The summed E-state index contributed by atoms with van der Waals surface area (Å²) >= 11 is 3.49. The molecule has 0 bridgehead atoms. The lowest BCUT2D eigenvalue weighted by atomic mass is 10.2. The molecule has 0 atom stereocenters. The fraction of sp³-hybridized carbons (Fsp3) is 0.143. The summed E-state index contributed by atoms with van der Waals surface area (Å²) in [5, 5.41) is 5.74. The molecule has 0 fully saturated rings. The highest BCUT2D eigenvalue weighted by atomic mass is 79.9. The van der Waals surface area contributed by atoms with Crippen molar-refractivity contribution in [2.45, 2.75) is 0 Å². The van der Waals surface area contributed by atoms with E-state index in [1.807, 2.05) is 65.9 Å². The van der Waals surface area contributed by atoms with E-state index in [1.54, 1.807) is 0 Å². The van der Waals surface area contributed by atoms with Gasteiger partial charge in [0.15, 0.2) is 17.5 Å². The molecule has 4 rings (SSSR count). The largest absolute Gasteiger partial charge is 0.305 e. The van der Waals surface area contributed by atoms with Gasteiger partial charge in [-0.15, -0.1) is 5.12 Å². The molecular formula is C14H14BrN7. The molecule has 3 heterocycles. The third-order valence-electron chi connectivity index (χ3n) is 3.59. The van der Waals surface area contributed by atoms with Crippen LogP contribution < -0.4 is 10.9 Å². The molecule has 0 spiro atoms. The Kier molecular flexibility index (Phi) is 3.03. The summed E-state index contributed by atoms with van der Waals surface area (Å²) in [5.41, 5.74) is 8.06. The molecule has 2 N–H and O–H groups in total. The number of amidine groups is 2. The van der Waals surface area contributed by atoms with Crippen molar-refractivity contribution in [3.8, 4) is 0 Å². The lowest BCUT2D eigenvalue weighted by Crippen LogP contribution is -2.50. The molecule has 0 radical (unpaired) electrons. The normalized spacial score (nSPS) is 20.0. The van der Waals surface area contributed by atoms with Crippen molar-refractivity contribution < 1.29 is 0 Å². The topological polar surface area (TPSA) is 58.5 Å². The van der Waals surface area contributed by atoms with Gasteiger partial charge in [-0.25, -0.2) is 20.4 Å². The zero-order valence-corrected chi connectivity index (χ0v) is 13.7. The minimum atomic E-state index is 0.708. The average Bonchev–Trinajstić information content (AvgIpc) is 3.10. The second-order valence-electron chi connectivity index (χ2n) is 4.96. The van der Waals surface area contributed by atoms with Gasteiger partial charge < -0.3 is 5.43 Å². The molecule has 0 saturated heterocycles. The van der Waals surface area contributed by atoms with Crippen molar-refractivity contribution in [3.63, 3.8) is 0 Å². The van der Waals surface area contributed by atoms with Crippen LogP contribution in [-0.4, -0.2) is 40.9 Å². The van der Waals surface area contributed by atoms with Gasteiger partial charge in [-0.05, 0) is 12.1 Å². The van der Waals surface area contributed by atoms with Crippen LogP contribution in [0.2, 0.25) is 0 Å². The van der Waals surface area contributed by atoms with Gasteiger partial charge in [-0.3, -0.25) is 5.01 Å². The average molecular weight is 360 g/mol. The lowest BCUT2D eigenvalue weighted by Gasteiger charge is -2.35. The van der Waals surface area contributed by atoms with Gasteiger partial charge in [0.2, 0.25) is 0 Å². The molecule has 7 nitrogen and oxygen atoms in total. The van der Waals surface area contributed by atoms with E-state index in [2.05, 4.69) is 31.8 Å². The van der Waals surface area contributed by atoms with E-state index in [9.17, 15) is 0 Å². The third-order valence-corrected chi connectivity index (χ3v) is 4.08. The van der Waals surface area contributed by atoms with Crippen LogP contribution >= 0.6 is 15.9 Å². The summed E-state index contributed by atoms with van der Waals surface area (Å²) in [5.74, 6) is 2.46. The van der Waals surface area contributed by atoms with Crippen molar-refractivity contribution in [1.29, 1.82) is 0 Å². The first-order chi connectivity index (χ1) is 10.7. The number of benzene rings is 1. The molecule has 3 aliphatic heterocycles. The molecule has 1 aromatic rings. The van der Waals surface area contributed by atoms with Crippen LogP contribution in [0.5, 0.6) is 0 Å². The third kappa shape index (κ3) is 1.96. The Labute approximate surface area is 136 Å². The van der Waals surface area contributed by atoms with Gasteiger partial charge in [0.25, 0.3) is 0 Å². The zero-order valence-electron chi connectivity index (χ0n) is 12.1. The van der Waals surface area contributed by atoms with Gasteiger partial charge in [-0.1, -0.05) is 28.1 Å². The van der Waals surface area contributed by atoms with E-state index in [1.165, 1.54) is 0 Å². The van der Waals surface area contributed by atoms with Crippen LogP contribution in [0.1, 0.15) is 5.56 Å². The Morgan fingerprint density at radius 1 is 1.27 bits per heavy atom. The number of aliphatic imine (C=N–C) groups is 2. The van der Waals surface area contributed by atoms with Gasteiger partial charge in [0, 0.05) is 24.1 Å². The number of nitrogens with zero attached hydrogens (tertiary/aromatic N) is 5. The molecule has 0 saturated carbocycles. The molecule has 0 aromatic heterocycles. The molecular weight excluding hydrogens is 346 g/mol. The number of rotatable bonds is 2. The van der Waals surface area contributed by atoms with Crippen LogP contribution in [0.4, 0.5) is 0 Å². The maximum absolute atomic E-state index is 4.71. The highest BCUT2D eigenvalue weighted by molar-refractivity contribution is 9.10. The Bertz CT molecular complexity index is 764. The standard InChI is InChI=1S/C14H14BrN7/c1-16-21-8-11-14(22-12(21)7-17-20(22)2)19-13(18-11)9-4-3-5-10(15)6-9/h3-8,16-17H,1-2H3. The maximum Gasteiger partial charge on any atom is 0.180 e. The summed E-state index contributed by atoms with van der Waals surface area (Å²) in [6.45, 7) is 0. The quantitative estimate of drug-likeness (QED) is 0.834. The first-order valence-electron chi connectivity index (χ1n) is 6.79. The molecule has 112 valence electrons. The number of halogens is 1. The number of hydrogen-bond acceptors (Lipinski definition) is 7. The van der Waals surface area contributed by atoms with Crippen LogP contribution in [-0.2, 0) is 0 Å². The van der Waals surface area contributed by atoms with E-state index in [-0.39, 0.29) is 0 Å². The molecule has 3 aliphatic rings. The highest BCUT2D eigenvalue weighted by Crippen LogP contribution is 2.29. The first-order valence-corrected chi connectivity index (χ1v) is 7.59. The lowest BCUT2D eigenvalue weighted by molar-refractivity contribution is 0.0677. The maximum atomic E-state index is 4.71. The van der Waals surface area contributed by atoms with Gasteiger partial charge in [-0.2, -0.15) is 0 Å². The second kappa shape index (κ2) is 4.94. The molecule has 8 heteroatoms. The van der Waals surface area contributed by atoms with E-state index in [0.717, 1.165) is 27.4 Å². The minimum Gasteiger partial charge on any atom is -0.305 e. The number of hydrazine groups is 3. The summed E-state index contributed by atoms with van der Waals surface area (Å²) < 4.78 is 1.01. The molecule has 1 aromatic carbocycles. The minimum absolute atomic E-state index is 0.708. The van der Waals surface area contributed by atoms with Crippen LogP contribution in [0.15, 0.2) is 62.6 Å². The summed E-state index contributed by atoms with van der Waals surface area (Å²) in [6, 6.07) is 7.98. The number of nitrogens with one attached hydrogen (secondary N) is 2. The predicted molar refractivity (Wildman–Crippen MR) is 87.9 cm³/mol. The second-order valence-corrected chi connectivity index (χ2v) is 5.87. The number of fused-ring (bicyclic) bond motifs is 3. The van der Waals surface area contributed by atoms with Gasteiger partial charge in [0.1, 0.15) is 5.70 Å². The van der Waals surface area contributed by atoms with Crippen LogP contribution in [0, 0.1) is 0 Å². The summed E-state index contributed by atoms with van der Waals surface area (Å²) in [6.07, 6.45) is 3.84. The Balaban J connectivity index is 1.79.